The van der Waals surface area contributed by atoms with E-state index in [1.165, 1.54) is 5.56 Å². The zero-order valence-electron chi connectivity index (χ0n) is 13.7. The molecule has 3 rings (SSSR count). The van der Waals surface area contributed by atoms with Crippen molar-refractivity contribution in [3.05, 3.63) is 59.7 Å². The lowest BCUT2D eigenvalue weighted by Gasteiger charge is -2.18. The maximum absolute atomic E-state index is 5.80. The number of rotatable bonds is 3. The molecule has 23 heavy (non-hydrogen) atoms. The summed E-state index contributed by atoms with van der Waals surface area (Å²) in [5, 5.41) is 8.30. The third-order valence-corrected chi connectivity index (χ3v) is 3.86. The van der Waals surface area contributed by atoms with Crippen molar-refractivity contribution in [2.75, 3.05) is 0 Å². The van der Waals surface area contributed by atoms with E-state index in [-0.39, 0.29) is 5.41 Å². The third-order valence-electron chi connectivity index (χ3n) is 3.86. The summed E-state index contributed by atoms with van der Waals surface area (Å²) in [5.41, 5.74) is 9.91. The van der Waals surface area contributed by atoms with E-state index in [0.29, 0.717) is 18.3 Å². The van der Waals surface area contributed by atoms with Gasteiger partial charge in [-0.05, 0) is 40.8 Å². The quantitative estimate of drug-likeness (QED) is 0.789. The number of hydrogen-bond donors (Lipinski definition) is 1. The second kappa shape index (κ2) is 5.97. The van der Waals surface area contributed by atoms with Crippen LogP contribution >= 0.6 is 0 Å². The molecule has 0 saturated carbocycles. The maximum Gasteiger partial charge on any atom is 0.248 e. The molecular weight excluding hydrogens is 286 g/mol. The number of hydrogen-bond acceptors (Lipinski definition) is 4. The van der Waals surface area contributed by atoms with Crippen molar-refractivity contribution in [3.63, 3.8) is 0 Å². The van der Waals surface area contributed by atoms with Crippen molar-refractivity contribution in [2.45, 2.75) is 32.7 Å². The molecule has 0 aliphatic heterocycles. The minimum absolute atomic E-state index is 0.128. The number of nitrogens with zero attached hydrogens (tertiary/aromatic N) is 2. The Morgan fingerprint density at radius 1 is 0.826 bits per heavy atom. The van der Waals surface area contributed by atoms with E-state index in [2.05, 4.69) is 43.1 Å². The fourth-order valence-electron chi connectivity index (χ4n) is 2.35. The van der Waals surface area contributed by atoms with Crippen molar-refractivity contribution in [3.8, 4) is 22.9 Å². The predicted molar refractivity (Wildman–Crippen MR) is 91.8 cm³/mol. The highest BCUT2D eigenvalue weighted by Gasteiger charge is 2.15. The van der Waals surface area contributed by atoms with Crippen LogP contribution in [0.5, 0.6) is 0 Å². The Labute approximate surface area is 136 Å². The third kappa shape index (κ3) is 3.32. The highest BCUT2D eigenvalue weighted by atomic mass is 16.4. The Morgan fingerprint density at radius 3 is 1.74 bits per heavy atom. The lowest BCUT2D eigenvalue weighted by molar-refractivity contribution is 0.582. The Bertz CT molecular complexity index is 781. The number of aromatic nitrogens is 2. The molecule has 1 heterocycles. The average Bonchev–Trinajstić information content (AvgIpc) is 3.04. The lowest BCUT2D eigenvalue weighted by atomic mass is 9.87. The molecule has 118 valence electrons. The first-order valence-corrected chi connectivity index (χ1v) is 7.71. The van der Waals surface area contributed by atoms with E-state index in [9.17, 15) is 0 Å². The van der Waals surface area contributed by atoms with Crippen LogP contribution in [0.3, 0.4) is 0 Å². The van der Waals surface area contributed by atoms with Gasteiger partial charge in [-0.1, -0.05) is 45.0 Å². The van der Waals surface area contributed by atoms with Gasteiger partial charge < -0.3 is 10.2 Å². The smallest absolute Gasteiger partial charge is 0.248 e. The van der Waals surface area contributed by atoms with E-state index >= 15 is 0 Å². The summed E-state index contributed by atoms with van der Waals surface area (Å²) in [6, 6.07) is 16.1. The average molecular weight is 307 g/mol. The molecule has 1 aromatic heterocycles. The molecule has 0 amide bonds. The molecule has 0 fully saturated rings. The molecule has 0 saturated heterocycles. The van der Waals surface area contributed by atoms with Gasteiger partial charge in [-0.3, -0.25) is 0 Å². The lowest BCUT2D eigenvalue weighted by Crippen LogP contribution is -2.10. The van der Waals surface area contributed by atoms with Gasteiger partial charge in [0.15, 0.2) is 0 Å². The van der Waals surface area contributed by atoms with E-state index in [4.69, 9.17) is 10.2 Å². The first-order valence-electron chi connectivity index (χ1n) is 7.71. The molecular formula is C19H21N3O. The number of nitrogens with two attached hydrogens (primary N) is 1. The van der Waals surface area contributed by atoms with Gasteiger partial charge >= 0.3 is 0 Å². The molecule has 0 spiro atoms. The number of benzene rings is 2. The van der Waals surface area contributed by atoms with Crippen molar-refractivity contribution >= 4 is 0 Å². The highest BCUT2D eigenvalue weighted by molar-refractivity contribution is 5.58. The van der Waals surface area contributed by atoms with Crippen LogP contribution in [0.15, 0.2) is 52.9 Å². The van der Waals surface area contributed by atoms with E-state index < -0.39 is 0 Å². The van der Waals surface area contributed by atoms with E-state index in [1.807, 2.05) is 36.4 Å². The van der Waals surface area contributed by atoms with Crippen molar-refractivity contribution in [1.29, 1.82) is 0 Å². The molecule has 0 unspecified atom stereocenters. The van der Waals surface area contributed by atoms with Crippen LogP contribution in [0.2, 0.25) is 0 Å². The summed E-state index contributed by atoms with van der Waals surface area (Å²) in [6.07, 6.45) is 0. The Hall–Kier alpha value is -2.46. The first kappa shape index (κ1) is 15.4. The van der Waals surface area contributed by atoms with Crippen LogP contribution in [0.4, 0.5) is 0 Å². The largest absolute Gasteiger partial charge is 0.416 e. The summed E-state index contributed by atoms with van der Waals surface area (Å²) >= 11 is 0. The Kier molecular flexibility index (Phi) is 4.01. The molecule has 0 aliphatic carbocycles. The van der Waals surface area contributed by atoms with Gasteiger partial charge in [-0.2, -0.15) is 0 Å². The monoisotopic (exact) mass is 307 g/mol. The minimum Gasteiger partial charge on any atom is -0.416 e. The van der Waals surface area contributed by atoms with Crippen molar-refractivity contribution in [1.82, 2.24) is 10.2 Å². The molecule has 3 aromatic rings. The standard InChI is InChI=1S/C19H21N3O/c1-19(2,3)16-10-8-15(9-11-16)18-22-21-17(23-18)14-6-4-13(12-20)5-7-14/h4-11H,12,20H2,1-3H3. The van der Waals surface area contributed by atoms with Crippen LogP contribution in [-0.4, -0.2) is 10.2 Å². The van der Waals surface area contributed by atoms with Crippen molar-refractivity contribution < 1.29 is 4.42 Å². The molecule has 4 nitrogen and oxygen atoms in total. The van der Waals surface area contributed by atoms with Crippen LogP contribution in [-0.2, 0) is 12.0 Å². The topological polar surface area (TPSA) is 64.9 Å². The first-order chi connectivity index (χ1) is 11.0. The molecule has 0 aliphatic rings. The van der Waals surface area contributed by atoms with Crippen LogP contribution in [0, 0.1) is 0 Å². The summed E-state index contributed by atoms with van der Waals surface area (Å²) in [6.45, 7) is 7.10. The molecule has 2 N–H and O–H groups in total. The summed E-state index contributed by atoms with van der Waals surface area (Å²) < 4.78 is 5.80. The van der Waals surface area contributed by atoms with Gasteiger partial charge in [-0.15, -0.1) is 10.2 Å². The zero-order valence-corrected chi connectivity index (χ0v) is 13.7. The van der Waals surface area contributed by atoms with Gasteiger partial charge in [0.1, 0.15) is 0 Å². The molecule has 4 heteroatoms. The zero-order chi connectivity index (χ0) is 16.4. The van der Waals surface area contributed by atoms with Crippen LogP contribution < -0.4 is 5.73 Å². The van der Waals surface area contributed by atoms with Crippen LogP contribution in [0.25, 0.3) is 22.9 Å². The van der Waals surface area contributed by atoms with Gasteiger partial charge in [0.2, 0.25) is 11.8 Å². The maximum atomic E-state index is 5.80. The van der Waals surface area contributed by atoms with E-state index in [0.717, 1.165) is 16.7 Å². The van der Waals surface area contributed by atoms with Gasteiger partial charge in [0.05, 0.1) is 0 Å². The van der Waals surface area contributed by atoms with Gasteiger partial charge in [-0.25, -0.2) is 0 Å². The van der Waals surface area contributed by atoms with Gasteiger partial charge in [0.25, 0.3) is 0 Å². The predicted octanol–water partition coefficient (Wildman–Crippen LogP) is 4.16. The Morgan fingerprint density at radius 2 is 1.30 bits per heavy atom. The summed E-state index contributed by atoms with van der Waals surface area (Å²) in [4.78, 5) is 0. The fraction of sp³-hybridized carbons (Fsp3) is 0.263. The minimum atomic E-state index is 0.128. The Balaban J connectivity index is 1.86. The normalized spacial score (nSPS) is 11.7. The summed E-state index contributed by atoms with van der Waals surface area (Å²) in [7, 11) is 0. The molecule has 0 bridgehead atoms. The van der Waals surface area contributed by atoms with Crippen LogP contribution in [0.1, 0.15) is 31.9 Å². The second-order valence-electron chi connectivity index (χ2n) is 6.64. The second-order valence-corrected chi connectivity index (χ2v) is 6.64. The van der Waals surface area contributed by atoms with Gasteiger partial charge in [0, 0.05) is 17.7 Å². The fourth-order valence-corrected chi connectivity index (χ4v) is 2.35. The van der Waals surface area contributed by atoms with E-state index in [1.54, 1.807) is 0 Å². The van der Waals surface area contributed by atoms with Crippen molar-refractivity contribution in [2.24, 2.45) is 5.73 Å². The molecule has 0 atom stereocenters. The SMILES string of the molecule is CC(C)(C)c1ccc(-c2nnc(-c3ccc(CN)cc3)o2)cc1. The summed E-state index contributed by atoms with van der Waals surface area (Å²) in [5.74, 6) is 1.05. The molecule has 2 aromatic carbocycles. The highest BCUT2D eigenvalue weighted by Crippen LogP contribution is 2.27. The molecule has 0 radical (unpaired) electrons.